The standard InChI is InChI=1S/C16H22N4O3S/c21-15(19-8-11-2-3-11)12-4-7-24(22,23)14-10-20(9-13(12)14)16-17-5-1-6-18-16/h1,5-6,11-14H,2-4,7-10H2,(H,19,21)/t12-,13+,14+/m1/s1. The Labute approximate surface area is 141 Å². The SMILES string of the molecule is O=C(NCC1CC1)[C@@H]1CCS(=O)(=O)[C@H]2CN(c3ncccn3)C[C@@H]12. The first-order valence-corrected chi connectivity index (χ1v) is 10.3. The molecule has 3 atom stereocenters. The molecular formula is C16H22N4O3S. The molecule has 4 rings (SSSR count). The number of hydrogen-bond donors (Lipinski definition) is 1. The summed E-state index contributed by atoms with van der Waals surface area (Å²) in [6.45, 7) is 1.63. The second-order valence-electron chi connectivity index (χ2n) is 7.11. The maximum absolute atomic E-state index is 12.6. The molecule has 3 heterocycles. The Morgan fingerprint density at radius 3 is 2.67 bits per heavy atom. The number of rotatable bonds is 4. The normalized spacial score (nSPS) is 31.5. The Hall–Kier alpha value is -1.70. The summed E-state index contributed by atoms with van der Waals surface area (Å²) in [5, 5.41) is 2.53. The van der Waals surface area contributed by atoms with Crippen LogP contribution in [-0.2, 0) is 14.6 Å². The van der Waals surface area contributed by atoms with Crippen molar-refractivity contribution in [2.75, 3.05) is 30.3 Å². The lowest BCUT2D eigenvalue weighted by molar-refractivity contribution is -0.126. The van der Waals surface area contributed by atoms with Gasteiger partial charge in [0.2, 0.25) is 11.9 Å². The molecule has 1 aromatic heterocycles. The molecule has 1 amide bonds. The largest absolute Gasteiger partial charge is 0.356 e. The molecule has 0 aromatic carbocycles. The minimum absolute atomic E-state index is 0.0163. The second kappa shape index (κ2) is 5.98. The second-order valence-corrected chi connectivity index (χ2v) is 9.45. The fourth-order valence-corrected chi connectivity index (χ4v) is 5.96. The highest BCUT2D eigenvalue weighted by atomic mass is 32.2. The van der Waals surface area contributed by atoms with Crippen molar-refractivity contribution in [3.63, 3.8) is 0 Å². The van der Waals surface area contributed by atoms with E-state index < -0.39 is 15.1 Å². The predicted molar refractivity (Wildman–Crippen MR) is 89.2 cm³/mol. The van der Waals surface area contributed by atoms with Crippen molar-refractivity contribution in [2.24, 2.45) is 17.8 Å². The van der Waals surface area contributed by atoms with Crippen molar-refractivity contribution < 1.29 is 13.2 Å². The average Bonchev–Trinajstić information content (AvgIpc) is 3.29. The van der Waals surface area contributed by atoms with Gasteiger partial charge in [-0.25, -0.2) is 18.4 Å². The van der Waals surface area contributed by atoms with Gasteiger partial charge < -0.3 is 10.2 Å². The molecule has 3 fully saturated rings. The van der Waals surface area contributed by atoms with E-state index in [1.54, 1.807) is 18.5 Å². The van der Waals surface area contributed by atoms with Crippen LogP contribution in [0.2, 0.25) is 0 Å². The van der Waals surface area contributed by atoms with Crippen molar-refractivity contribution in [3.05, 3.63) is 18.5 Å². The van der Waals surface area contributed by atoms with Crippen LogP contribution in [0.25, 0.3) is 0 Å². The zero-order chi connectivity index (χ0) is 16.7. The summed E-state index contributed by atoms with van der Waals surface area (Å²) >= 11 is 0. The topological polar surface area (TPSA) is 92.3 Å². The fourth-order valence-electron chi connectivity index (χ4n) is 3.86. The molecule has 1 aromatic rings. The van der Waals surface area contributed by atoms with Crippen LogP contribution in [0, 0.1) is 17.8 Å². The first-order chi connectivity index (χ1) is 11.5. The first kappa shape index (κ1) is 15.8. The Balaban J connectivity index is 1.52. The van der Waals surface area contributed by atoms with Crippen LogP contribution in [0.3, 0.4) is 0 Å². The summed E-state index contributed by atoms with van der Waals surface area (Å²) in [5.74, 6) is 0.869. The predicted octanol–water partition coefficient (Wildman–Crippen LogP) is 0.242. The molecular weight excluding hydrogens is 328 g/mol. The summed E-state index contributed by atoms with van der Waals surface area (Å²) in [6, 6.07) is 1.73. The fraction of sp³-hybridized carbons (Fsp3) is 0.688. The third-order valence-electron chi connectivity index (χ3n) is 5.43. The van der Waals surface area contributed by atoms with Gasteiger partial charge in [0, 0.05) is 43.9 Å². The molecule has 130 valence electrons. The molecule has 24 heavy (non-hydrogen) atoms. The van der Waals surface area contributed by atoms with Gasteiger partial charge in [-0.05, 0) is 31.2 Å². The minimum Gasteiger partial charge on any atom is -0.356 e. The van der Waals surface area contributed by atoms with Crippen LogP contribution in [-0.4, -0.2) is 54.9 Å². The van der Waals surface area contributed by atoms with E-state index in [0.717, 1.165) is 6.54 Å². The van der Waals surface area contributed by atoms with Gasteiger partial charge in [-0.3, -0.25) is 4.79 Å². The molecule has 0 radical (unpaired) electrons. The van der Waals surface area contributed by atoms with Crippen molar-refractivity contribution in [1.29, 1.82) is 0 Å². The molecule has 8 heteroatoms. The van der Waals surface area contributed by atoms with E-state index in [0.29, 0.717) is 31.4 Å². The van der Waals surface area contributed by atoms with Crippen molar-refractivity contribution in [2.45, 2.75) is 24.5 Å². The van der Waals surface area contributed by atoms with Gasteiger partial charge >= 0.3 is 0 Å². The van der Waals surface area contributed by atoms with Crippen LogP contribution in [0.5, 0.6) is 0 Å². The lowest BCUT2D eigenvalue weighted by Crippen LogP contribution is -2.47. The third-order valence-corrected chi connectivity index (χ3v) is 7.66. The van der Waals surface area contributed by atoms with Gasteiger partial charge in [0.15, 0.2) is 9.84 Å². The molecule has 1 N–H and O–H groups in total. The molecule has 2 aliphatic heterocycles. The van der Waals surface area contributed by atoms with E-state index >= 15 is 0 Å². The number of carbonyl (C=O) groups is 1. The highest BCUT2D eigenvalue weighted by Crippen LogP contribution is 2.38. The molecule has 7 nitrogen and oxygen atoms in total. The number of sulfone groups is 1. The molecule has 0 bridgehead atoms. The average molecular weight is 350 g/mol. The van der Waals surface area contributed by atoms with Gasteiger partial charge in [-0.2, -0.15) is 0 Å². The van der Waals surface area contributed by atoms with Gasteiger partial charge in [0.05, 0.1) is 11.0 Å². The number of fused-ring (bicyclic) bond motifs is 1. The van der Waals surface area contributed by atoms with Gasteiger partial charge in [-0.1, -0.05) is 0 Å². The number of amides is 1. The van der Waals surface area contributed by atoms with Crippen LogP contribution in [0.4, 0.5) is 5.95 Å². The van der Waals surface area contributed by atoms with E-state index in [1.807, 2.05) is 4.90 Å². The number of anilines is 1. The van der Waals surface area contributed by atoms with E-state index in [-0.39, 0.29) is 23.5 Å². The Morgan fingerprint density at radius 2 is 1.96 bits per heavy atom. The van der Waals surface area contributed by atoms with Crippen molar-refractivity contribution in [1.82, 2.24) is 15.3 Å². The number of nitrogens with one attached hydrogen (secondary N) is 1. The van der Waals surface area contributed by atoms with Crippen LogP contribution < -0.4 is 10.2 Å². The highest BCUT2D eigenvalue weighted by molar-refractivity contribution is 7.92. The van der Waals surface area contributed by atoms with Gasteiger partial charge in [-0.15, -0.1) is 0 Å². The van der Waals surface area contributed by atoms with E-state index in [1.165, 1.54) is 12.8 Å². The summed E-state index contributed by atoms with van der Waals surface area (Å²) < 4.78 is 25.0. The number of carbonyl (C=O) groups excluding carboxylic acids is 1. The maximum Gasteiger partial charge on any atom is 0.225 e. The minimum atomic E-state index is -3.16. The Bertz CT molecular complexity index is 720. The summed E-state index contributed by atoms with van der Waals surface area (Å²) in [7, 11) is -3.16. The number of nitrogens with zero attached hydrogens (tertiary/aromatic N) is 3. The molecule has 2 saturated heterocycles. The maximum atomic E-state index is 12.6. The number of hydrogen-bond acceptors (Lipinski definition) is 6. The zero-order valence-electron chi connectivity index (χ0n) is 13.5. The van der Waals surface area contributed by atoms with Crippen molar-refractivity contribution >= 4 is 21.7 Å². The number of aromatic nitrogens is 2. The summed E-state index contributed by atoms with van der Waals surface area (Å²) in [5.41, 5.74) is 0. The Kier molecular flexibility index (Phi) is 3.94. The van der Waals surface area contributed by atoms with Gasteiger partial charge in [0.25, 0.3) is 0 Å². The smallest absolute Gasteiger partial charge is 0.225 e. The van der Waals surface area contributed by atoms with Crippen LogP contribution >= 0.6 is 0 Å². The van der Waals surface area contributed by atoms with E-state index in [9.17, 15) is 13.2 Å². The quantitative estimate of drug-likeness (QED) is 0.836. The molecule has 3 aliphatic rings. The first-order valence-electron chi connectivity index (χ1n) is 8.56. The van der Waals surface area contributed by atoms with Crippen molar-refractivity contribution in [3.8, 4) is 0 Å². The lowest BCUT2D eigenvalue weighted by Gasteiger charge is -2.31. The zero-order valence-corrected chi connectivity index (χ0v) is 14.3. The van der Waals surface area contributed by atoms with E-state index in [4.69, 9.17) is 0 Å². The lowest BCUT2D eigenvalue weighted by atomic mass is 9.87. The van der Waals surface area contributed by atoms with Crippen LogP contribution in [0.1, 0.15) is 19.3 Å². The monoisotopic (exact) mass is 350 g/mol. The Morgan fingerprint density at radius 1 is 1.21 bits per heavy atom. The highest BCUT2D eigenvalue weighted by Gasteiger charge is 2.51. The van der Waals surface area contributed by atoms with Gasteiger partial charge in [0.1, 0.15) is 0 Å². The van der Waals surface area contributed by atoms with E-state index in [2.05, 4.69) is 15.3 Å². The molecule has 1 saturated carbocycles. The molecule has 1 aliphatic carbocycles. The molecule has 0 unspecified atom stereocenters. The molecule has 0 spiro atoms. The summed E-state index contributed by atoms with van der Waals surface area (Å²) in [6.07, 6.45) is 6.09. The van der Waals surface area contributed by atoms with Crippen LogP contribution in [0.15, 0.2) is 18.5 Å². The summed E-state index contributed by atoms with van der Waals surface area (Å²) in [4.78, 5) is 22.9. The third kappa shape index (κ3) is 2.99.